The summed E-state index contributed by atoms with van der Waals surface area (Å²) < 4.78 is 15.0. The van der Waals surface area contributed by atoms with Crippen LogP contribution in [0, 0.1) is 5.82 Å². The van der Waals surface area contributed by atoms with Crippen molar-refractivity contribution in [1.29, 1.82) is 0 Å². The molecular formula is C24H24FN5O2. The monoisotopic (exact) mass is 433 g/mol. The van der Waals surface area contributed by atoms with Crippen LogP contribution >= 0.6 is 0 Å². The number of nitrogens with two attached hydrogens (primary N) is 1. The first-order valence-electron chi connectivity index (χ1n) is 10.2. The van der Waals surface area contributed by atoms with Gasteiger partial charge in [-0.05, 0) is 31.5 Å². The van der Waals surface area contributed by atoms with Gasteiger partial charge < -0.3 is 15.7 Å². The zero-order valence-corrected chi connectivity index (χ0v) is 18.1. The van der Waals surface area contributed by atoms with E-state index in [9.17, 15) is 9.90 Å². The van der Waals surface area contributed by atoms with Crippen LogP contribution in [0.5, 0.6) is 0 Å². The van der Waals surface area contributed by atoms with Crippen molar-refractivity contribution in [3.63, 3.8) is 0 Å². The zero-order valence-electron chi connectivity index (χ0n) is 18.1. The number of nitrogen functional groups attached to an aromatic ring is 1. The van der Waals surface area contributed by atoms with Crippen molar-refractivity contribution >= 4 is 17.8 Å². The van der Waals surface area contributed by atoms with Gasteiger partial charge in [0, 0.05) is 60.1 Å². The molecule has 3 N–H and O–H groups in total. The number of hydrogen-bond acceptors (Lipinski definition) is 6. The Kier molecular flexibility index (Phi) is 5.48. The van der Waals surface area contributed by atoms with Crippen LogP contribution < -0.4 is 5.73 Å². The molecule has 0 radical (unpaired) electrons. The number of fused-ring (bicyclic) bond motifs is 1. The summed E-state index contributed by atoms with van der Waals surface area (Å²) in [6.45, 7) is 3.71. The van der Waals surface area contributed by atoms with E-state index in [0.29, 0.717) is 40.2 Å². The van der Waals surface area contributed by atoms with E-state index in [-0.39, 0.29) is 18.1 Å². The molecule has 0 atom stereocenters. The van der Waals surface area contributed by atoms with Crippen LogP contribution in [0.2, 0.25) is 0 Å². The molecule has 4 rings (SSSR count). The number of halogens is 1. The molecule has 0 aliphatic carbocycles. The fourth-order valence-corrected chi connectivity index (χ4v) is 3.91. The number of hydrogen-bond donors (Lipinski definition) is 2. The van der Waals surface area contributed by atoms with E-state index in [0.717, 1.165) is 5.56 Å². The average molecular weight is 433 g/mol. The van der Waals surface area contributed by atoms with Crippen molar-refractivity contribution in [1.82, 2.24) is 14.9 Å². The van der Waals surface area contributed by atoms with Crippen LogP contribution in [0.3, 0.4) is 0 Å². The summed E-state index contributed by atoms with van der Waals surface area (Å²) in [5.41, 5.74) is 9.24. The number of aliphatic hydroxyl groups is 1. The first-order valence-corrected chi connectivity index (χ1v) is 10.2. The van der Waals surface area contributed by atoms with Gasteiger partial charge >= 0.3 is 0 Å². The predicted molar refractivity (Wildman–Crippen MR) is 121 cm³/mol. The number of pyridine rings is 2. The SMILES string of the molecule is CN=Cc1c(-c2cnc(CN3Cc4cccnc4C3=O)c(F)c2)ccc(C(C)(C)O)c1N. The van der Waals surface area contributed by atoms with E-state index in [1.807, 2.05) is 6.07 Å². The molecule has 1 aromatic carbocycles. The van der Waals surface area contributed by atoms with E-state index in [2.05, 4.69) is 15.0 Å². The number of aromatic nitrogens is 2. The third-order valence-electron chi connectivity index (χ3n) is 5.52. The molecule has 2 aromatic heterocycles. The van der Waals surface area contributed by atoms with E-state index in [4.69, 9.17) is 5.73 Å². The van der Waals surface area contributed by atoms with Crippen LogP contribution in [0.4, 0.5) is 10.1 Å². The minimum absolute atomic E-state index is 0.0460. The van der Waals surface area contributed by atoms with Gasteiger partial charge in [-0.3, -0.25) is 19.8 Å². The average Bonchev–Trinajstić information content (AvgIpc) is 3.06. The largest absolute Gasteiger partial charge is 0.398 e. The van der Waals surface area contributed by atoms with Gasteiger partial charge in [0.1, 0.15) is 11.5 Å². The molecule has 0 fully saturated rings. The van der Waals surface area contributed by atoms with Crippen LogP contribution in [0.15, 0.2) is 47.7 Å². The fraction of sp³-hybridized carbons (Fsp3) is 0.250. The van der Waals surface area contributed by atoms with Crippen molar-refractivity contribution in [2.24, 2.45) is 4.99 Å². The van der Waals surface area contributed by atoms with Crippen molar-refractivity contribution in [2.75, 3.05) is 12.8 Å². The second-order valence-electron chi connectivity index (χ2n) is 8.26. The van der Waals surface area contributed by atoms with Crippen molar-refractivity contribution in [3.05, 3.63) is 76.6 Å². The lowest BCUT2D eigenvalue weighted by Gasteiger charge is -2.22. The third-order valence-corrected chi connectivity index (χ3v) is 5.52. The molecule has 1 aliphatic rings. The van der Waals surface area contributed by atoms with Crippen molar-refractivity contribution in [2.45, 2.75) is 32.5 Å². The molecule has 7 nitrogen and oxygen atoms in total. The smallest absolute Gasteiger partial charge is 0.273 e. The van der Waals surface area contributed by atoms with Gasteiger partial charge in [0.2, 0.25) is 0 Å². The van der Waals surface area contributed by atoms with E-state index < -0.39 is 11.4 Å². The van der Waals surface area contributed by atoms with E-state index >= 15 is 4.39 Å². The summed E-state index contributed by atoms with van der Waals surface area (Å²) in [7, 11) is 1.61. The van der Waals surface area contributed by atoms with E-state index in [1.54, 1.807) is 57.7 Å². The number of rotatable bonds is 5. The quantitative estimate of drug-likeness (QED) is 0.475. The fourth-order valence-electron chi connectivity index (χ4n) is 3.91. The maximum Gasteiger partial charge on any atom is 0.273 e. The molecular weight excluding hydrogens is 409 g/mol. The number of carbonyl (C=O) groups excluding carboxylic acids is 1. The van der Waals surface area contributed by atoms with Crippen molar-refractivity contribution in [3.8, 4) is 11.1 Å². The Labute approximate surface area is 185 Å². The highest BCUT2D eigenvalue weighted by Gasteiger charge is 2.29. The van der Waals surface area contributed by atoms with Gasteiger partial charge in [-0.1, -0.05) is 18.2 Å². The molecule has 0 saturated heterocycles. The maximum absolute atomic E-state index is 15.0. The highest BCUT2D eigenvalue weighted by Crippen LogP contribution is 2.34. The Morgan fingerprint density at radius 1 is 1.31 bits per heavy atom. The lowest BCUT2D eigenvalue weighted by atomic mass is 9.90. The highest BCUT2D eigenvalue weighted by atomic mass is 19.1. The Balaban J connectivity index is 1.66. The summed E-state index contributed by atoms with van der Waals surface area (Å²) in [4.78, 5) is 26.5. The van der Waals surface area contributed by atoms with Gasteiger partial charge in [-0.15, -0.1) is 0 Å². The van der Waals surface area contributed by atoms with Gasteiger partial charge in [0.15, 0.2) is 0 Å². The highest BCUT2D eigenvalue weighted by molar-refractivity contribution is 5.97. The van der Waals surface area contributed by atoms with Crippen LogP contribution in [0.25, 0.3) is 11.1 Å². The predicted octanol–water partition coefficient (Wildman–Crippen LogP) is 3.30. The zero-order chi connectivity index (χ0) is 23.0. The standard InChI is InChI=1S/C24H24FN5O2/c1-24(2,32)18-7-6-16(17(11-27-3)21(18)26)15-9-19(25)20(29-10-15)13-30-12-14-5-4-8-28-22(14)23(30)31/h4-11,32H,12-13,26H2,1-3H3. The molecule has 0 saturated carbocycles. The van der Waals surface area contributed by atoms with Crippen molar-refractivity contribution < 1.29 is 14.3 Å². The second kappa shape index (κ2) is 8.12. The molecule has 0 spiro atoms. The summed E-state index contributed by atoms with van der Waals surface area (Å²) in [5, 5.41) is 10.4. The number of carbonyl (C=O) groups is 1. The minimum Gasteiger partial charge on any atom is -0.398 e. The minimum atomic E-state index is -1.14. The van der Waals surface area contributed by atoms with Crippen LogP contribution in [0.1, 0.15) is 46.7 Å². The summed E-state index contributed by atoms with van der Waals surface area (Å²) in [5.74, 6) is -0.758. The molecule has 32 heavy (non-hydrogen) atoms. The van der Waals surface area contributed by atoms with Crippen LogP contribution in [-0.2, 0) is 18.7 Å². The number of amides is 1. The topological polar surface area (TPSA) is 105 Å². The molecule has 3 aromatic rings. The lowest BCUT2D eigenvalue weighted by Crippen LogP contribution is -2.24. The molecule has 3 heterocycles. The van der Waals surface area contributed by atoms with Gasteiger partial charge in [-0.2, -0.15) is 0 Å². The molecule has 0 unspecified atom stereocenters. The Hall–Kier alpha value is -3.65. The number of benzene rings is 1. The third kappa shape index (κ3) is 3.85. The molecule has 0 bridgehead atoms. The number of nitrogens with zero attached hydrogens (tertiary/aromatic N) is 4. The van der Waals surface area contributed by atoms with Gasteiger partial charge in [0.25, 0.3) is 5.91 Å². The summed E-state index contributed by atoms with van der Waals surface area (Å²) in [6.07, 6.45) is 4.70. The first kappa shape index (κ1) is 21.6. The summed E-state index contributed by atoms with van der Waals surface area (Å²) >= 11 is 0. The Bertz CT molecular complexity index is 1230. The van der Waals surface area contributed by atoms with Gasteiger partial charge in [0.05, 0.1) is 17.8 Å². The Morgan fingerprint density at radius 3 is 2.75 bits per heavy atom. The first-order chi connectivity index (χ1) is 15.2. The lowest BCUT2D eigenvalue weighted by molar-refractivity contribution is 0.0757. The normalized spacial score (nSPS) is 13.8. The number of anilines is 1. The summed E-state index contributed by atoms with van der Waals surface area (Å²) in [6, 6.07) is 8.47. The number of aliphatic imine (C=N–C) groups is 1. The molecule has 8 heteroatoms. The van der Waals surface area contributed by atoms with Crippen LogP contribution in [-0.4, -0.2) is 39.1 Å². The van der Waals surface area contributed by atoms with Gasteiger partial charge in [-0.25, -0.2) is 4.39 Å². The molecule has 1 aliphatic heterocycles. The molecule has 1 amide bonds. The van der Waals surface area contributed by atoms with E-state index in [1.165, 1.54) is 11.0 Å². The Morgan fingerprint density at radius 2 is 2.09 bits per heavy atom. The maximum atomic E-state index is 15.0. The molecule has 164 valence electrons. The second-order valence-corrected chi connectivity index (χ2v) is 8.26.